The molecule has 106 valence electrons. The first-order valence-corrected chi connectivity index (χ1v) is 6.83. The van der Waals surface area contributed by atoms with Gasteiger partial charge in [-0.15, -0.1) is 11.6 Å². The molecule has 20 heavy (non-hydrogen) atoms. The van der Waals surface area contributed by atoms with Gasteiger partial charge in [-0.2, -0.15) is 5.10 Å². The average molecular weight is 293 g/mol. The van der Waals surface area contributed by atoms with Crippen molar-refractivity contribution in [3.63, 3.8) is 0 Å². The average Bonchev–Trinajstić information content (AvgIpc) is 2.92. The lowest BCUT2D eigenvalue weighted by molar-refractivity contribution is -0.122. The van der Waals surface area contributed by atoms with Crippen molar-refractivity contribution in [2.45, 2.75) is 20.4 Å². The number of hydrogen-bond donors (Lipinski definition) is 1. The predicted octanol–water partition coefficient (Wildman–Crippen LogP) is 2.53. The molecule has 2 aromatic rings. The van der Waals surface area contributed by atoms with E-state index >= 15 is 0 Å². The lowest BCUT2D eigenvalue weighted by atomic mass is 9.95. The third kappa shape index (κ3) is 3.57. The topological polar surface area (TPSA) is 59.8 Å². The van der Waals surface area contributed by atoms with Gasteiger partial charge in [0.1, 0.15) is 12.7 Å². The minimum Gasteiger partial charge on any atom is -0.326 e. The molecule has 0 atom stereocenters. The Morgan fingerprint density at radius 2 is 2.25 bits per heavy atom. The number of carbonyl (C=O) groups is 1. The monoisotopic (exact) mass is 292 g/mol. The summed E-state index contributed by atoms with van der Waals surface area (Å²) in [6.07, 6.45) is 3.15. The maximum absolute atomic E-state index is 12.1. The number of benzene rings is 1. The molecule has 0 saturated carbocycles. The fourth-order valence-electron chi connectivity index (χ4n) is 1.61. The number of carbonyl (C=O) groups excluding carboxylic acids is 1. The first kappa shape index (κ1) is 14.5. The van der Waals surface area contributed by atoms with Crippen LogP contribution in [0.4, 0.5) is 5.69 Å². The molecular formula is C14H17ClN4O. The van der Waals surface area contributed by atoms with Gasteiger partial charge in [0, 0.05) is 11.6 Å². The Balaban J connectivity index is 2.08. The maximum Gasteiger partial charge on any atom is 0.231 e. The Hall–Kier alpha value is -1.88. The molecule has 0 saturated heterocycles. The normalized spacial score (nSPS) is 11.3. The quantitative estimate of drug-likeness (QED) is 0.862. The number of amides is 1. The molecule has 6 heteroatoms. The van der Waals surface area contributed by atoms with Gasteiger partial charge in [-0.25, -0.2) is 9.67 Å². The van der Waals surface area contributed by atoms with E-state index in [0.717, 1.165) is 11.3 Å². The lowest BCUT2D eigenvalue weighted by Gasteiger charge is -2.20. The van der Waals surface area contributed by atoms with Crippen LogP contribution in [0, 0.1) is 5.41 Å². The van der Waals surface area contributed by atoms with Gasteiger partial charge in [-0.3, -0.25) is 4.79 Å². The zero-order valence-corrected chi connectivity index (χ0v) is 12.3. The van der Waals surface area contributed by atoms with E-state index in [4.69, 9.17) is 11.6 Å². The summed E-state index contributed by atoms with van der Waals surface area (Å²) in [6.45, 7) is 4.24. The Kier molecular flexibility index (Phi) is 4.39. The van der Waals surface area contributed by atoms with Crippen LogP contribution in [-0.4, -0.2) is 26.6 Å². The van der Waals surface area contributed by atoms with Crippen molar-refractivity contribution in [1.82, 2.24) is 14.8 Å². The van der Waals surface area contributed by atoms with Gasteiger partial charge in [0.05, 0.1) is 12.0 Å². The van der Waals surface area contributed by atoms with Crippen LogP contribution in [0.5, 0.6) is 0 Å². The summed E-state index contributed by atoms with van der Waals surface area (Å²) in [5.41, 5.74) is 1.20. The van der Waals surface area contributed by atoms with Crippen molar-refractivity contribution < 1.29 is 4.79 Å². The van der Waals surface area contributed by atoms with E-state index in [-0.39, 0.29) is 11.8 Å². The predicted molar refractivity (Wildman–Crippen MR) is 78.7 cm³/mol. The highest BCUT2D eigenvalue weighted by atomic mass is 35.5. The molecule has 0 aliphatic rings. The van der Waals surface area contributed by atoms with Gasteiger partial charge in [0.2, 0.25) is 5.91 Å². The van der Waals surface area contributed by atoms with Crippen molar-refractivity contribution in [2.24, 2.45) is 5.41 Å². The molecule has 2 rings (SSSR count). The van der Waals surface area contributed by atoms with Gasteiger partial charge in [-0.1, -0.05) is 12.1 Å². The van der Waals surface area contributed by atoms with Crippen LogP contribution in [0.25, 0.3) is 0 Å². The standard InChI is InChI=1S/C14H17ClN4O/c1-14(2,8-15)13(20)18-12-5-3-4-11(6-12)7-19-10-16-9-17-19/h3-6,9-10H,7-8H2,1-2H3,(H,18,20). The molecule has 0 bridgehead atoms. The number of anilines is 1. The molecule has 0 fully saturated rings. The van der Waals surface area contributed by atoms with Crippen LogP contribution < -0.4 is 5.32 Å². The summed E-state index contributed by atoms with van der Waals surface area (Å²) < 4.78 is 1.73. The first-order valence-electron chi connectivity index (χ1n) is 6.30. The summed E-state index contributed by atoms with van der Waals surface area (Å²) in [5.74, 6) is 0.183. The van der Waals surface area contributed by atoms with Crippen molar-refractivity contribution >= 4 is 23.2 Å². The van der Waals surface area contributed by atoms with Crippen LogP contribution in [-0.2, 0) is 11.3 Å². The number of aromatic nitrogens is 3. The van der Waals surface area contributed by atoms with Gasteiger partial charge in [0.15, 0.2) is 0 Å². The van der Waals surface area contributed by atoms with Crippen LogP contribution in [0.15, 0.2) is 36.9 Å². The zero-order chi connectivity index (χ0) is 14.6. The molecule has 1 aromatic heterocycles. The summed E-state index contributed by atoms with van der Waals surface area (Å²) in [5, 5.41) is 6.94. The van der Waals surface area contributed by atoms with E-state index < -0.39 is 5.41 Å². The van der Waals surface area contributed by atoms with Crippen molar-refractivity contribution in [3.05, 3.63) is 42.5 Å². The van der Waals surface area contributed by atoms with E-state index in [2.05, 4.69) is 15.4 Å². The Morgan fingerprint density at radius 3 is 2.90 bits per heavy atom. The molecule has 0 unspecified atom stereocenters. The van der Waals surface area contributed by atoms with E-state index in [0.29, 0.717) is 6.54 Å². The highest BCUT2D eigenvalue weighted by Gasteiger charge is 2.26. The summed E-state index contributed by atoms with van der Waals surface area (Å²) in [4.78, 5) is 16.0. The minimum absolute atomic E-state index is 0.0922. The fourth-order valence-corrected chi connectivity index (χ4v) is 1.73. The highest BCUT2D eigenvalue weighted by molar-refractivity contribution is 6.20. The van der Waals surface area contributed by atoms with Gasteiger partial charge < -0.3 is 5.32 Å². The highest BCUT2D eigenvalue weighted by Crippen LogP contribution is 2.20. The second-order valence-corrected chi connectivity index (χ2v) is 5.53. The molecule has 0 aliphatic carbocycles. The second-order valence-electron chi connectivity index (χ2n) is 5.27. The Morgan fingerprint density at radius 1 is 1.45 bits per heavy atom. The Labute approximate surface area is 123 Å². The lowest BCUT2D eigenvalue weighted by Crippen LogP contribution is -2.32. The largest absolute Gasteiger partial charge is 0.326 e. The third-order valence-electron chi connectivity index (χ3n) is 2.94. The van der Waals surface area contributed by atoms with Crippen LogP contribution in [0.2, 0.25) is 0 Å². The van der Waals surface area contributed by atoms with Crippen LogP contribution in [0.3, 0.4) is 0 Å². The van der Waals surface area contributed by atoms with E-state index in [9.17, 15) is 4.79 Å². The zero-order valence-electron chi connectivity index (χ0n) is 11.5. The molecule has 1 amide bonds. The SMILES string of the molecule is CC(C)(CCl)C(=O)Nc1cccc(Cn2cncn2)c1. The van der Waals surface area contributed by atoms with Crippen molar-refractivity contribution in [1.29, 1.82) is 0 Å². The molecule has 0 radical (unpaired) electrons. The Bertz CT molecular complexity index is 581. The first-order chi connectivity index (χ1) is 9.51. The molecule has 5 nitrogen and oxygen atoms in total. The second kappa shape index (κ2) is 6.05. The molecular weight excluding hydrogens is 276 g/mol. The number of nitrogens with one attached hydrogen (secondary N) is 1. The van der Waals surface area contributed by atoms with Gasteiger partial charge >= 0.3 is 0 Å². The van der Waals surface area contributed by atoms with Crippen LogP contribution in [0.1, 0.15) is 19.4 Å². The number of halogens is 1. The molecule has 1 N–H and O–H groups in total. The third-order valence-corrected chi connectivity index (χ3v) is 3.61. The molecule has 0 aliphatic heterocycles. The molecule has 1 heterocycles. The number of hydrogen-bond acceptors (Lipinski definition) is 3. The maximum atomic E-state index is 12.1. The smallest absolute Gasteiger partial charge is 0.231 e. The van der Waals surface area contributed by atoms with Crippen molar-refractivity contribution in [3.8, 4) is 0 Å². The summed E-state index contributed by atoms with van der Waals surface area (Å²) in [7, 11) is 0. The fraction of sp³-hybridized carbons (Fsp3) is 0.357. The summed E-state index contributed by atoms with van der Waals surface area (Å²) >= 11 is 5.80. The van der Waals surface area contributed by atoms with E-state index in [1.807, 2.05) is 38.1 Å². The van der Waals surface area contributed by atoms with E-state index in [1.165, 1.54) is 6.33 Å². The van der Waals surface area contributed by atoms with E-state index in [1.54, 1.807) is 11.0 Å². The van der Waals surface area contributed by atoms with Crippen molar-refractivity contribution in [2.75, 3.05) is 11.2 Å². The summed E-state index contributed by atoms with van der Waals surface area (Å²) in [6, 6.07) is 7.65. The van der Waals surface area contributed by atoms with Gasteiger partial charge in [-0.05, 0) is 31.5 Å². The number of rotatable bonds is 5. The molecule has 0 spiro atoms. The van der Waals surface area contributed by atoms with Gasteiger partial charge in [0.25, 0.3) is 0 Å². The van der Waals surface area contributed by atoms with Crippen LogP contribution >= 0.6 is 11.6 Å². The molecule has 1 aromatic carbocycles. The number of alkyl halides is 1. The number of nitrogens with zero attached hydrogens (tertiary/aromatic N) is 3. The minimum atomic E-state index is -0.594.